The lowest BCUT2D eigenvalue weighted by Crippen LogP contribution is -2.17. The van der Waals surface area contributed by atoms with E-state index in [4.69, 9.17) is 9.47 Å². The fourth-order valence-electron chi connectivity index (χ4n) is 2.30. The number of nitrogens with one attached hydrogen (secondary N) is 2. The molecule has 0 aliphatic rings. The fourth-order valence-corrected chi connectivity index (χ4v) is 3.10. The molecule has 2 N–H and O–H groups in total. The number of hydrogen-bond acceptors (Lipinski definition) is 6. The maximum Gasteiger partial charge on any atom is 0.411 e. The lowest BCUT2D eigenvalue weighted by atomic mass is 10.1. The van der Waals surface area contributed by atoms with Crippen molar-refractivity contribution in [2.75, 3.05) is 37.2 Å². The van der Waals surface area contributed by atoms with Crippen LogP contribution in [0.25, 0.3) is 0 Å². The molecule has 0 aliphatic heterocycles. The van der Waals surface area contributed by atoms with Crippen molar-refractivity contribution in [3.05, 3.63) is 59.7 Å². The SMILES string of the molecule is COCCOC(=O)Nc1cccc(NC(=O)c2ccc(CS(C)(=O)=O)cc2)c1. The smallest absolute Gasteiger partial charge is 0.411 e. The quantitative estimate of drug-likeness (QED) is 0.652. The lowest BCUT2D eigenvalue weighted by Gasteiger charge is -2.10. The third kappa shape index (κ3) is 7.37. The molecular weight excluding hydrogens is 384 g/mol. The number of hydrogen-bond donors (Lipinski definition) is 2. The van der Waals surface area contributed by atoms with Crippen LogP contribution >= 0.6 is 0 Å². The maximum atomic E-state index is 12.4. The summed E-state index contributed by atoms with van der Waals surface area (Å²) in [5.74, 6) is -0.436. The molecule has 0 atom stereocenters. The summed E-state index contributed by atoms with van der Waals surface area (Å²) in [4.78, 5) is 24.0. The Kier molecular flexibility index (Phi) is 7.53. The van der Waals surface area contributed by atoms with Crippen LogP contribution in [-0.2, 0) is 25.1 Å². The molecule has 28 heavy (non-hydrogen) atoms. The minimum Gasteiger partial charge on any atom is -0.447 e. The van der Waals surface area contributed by atoms with Crippen molar-refractivity contribution in [3.8, 4) is 0 Å². The van der Waals surface area contributed by atoms with Crippen molar-refractivity contribution >= 4 is 33.2 Å². The van der Waals surface area contributed by atoms with Gasteiger partial charge >= 0.3 is 6.09 Å². The number of anilines is 2. The number of benzene rings is 2. The van der Waals surface area contributed by atoms with Crippen LogP contribution in [0.4, 0.5) is 16.2 Å². The Labute approximate surface area is 163 Å². The highest BCUT2D eigenvalue weighted by Crippen LogP contribution is 2.17. The van der Waals surface area contributed by atoms with Crippen molar-refractivity contribution in [2.45, 2.75) is 5.75 Å². The molecule has 0 aromatic heterocycles. The van der Waals surface area contributed by atoms with E-state index in [9.17, 15) is 18.0 Å². The number of rotatable bonds is 8. The summed E-state index contributed by atoms with van der Waals surface area (Å²) < 4.78 is 32.3. The minimum absolute atomic E-state index is 0.0803. The summed E-state index contributed by atoms with van der Waals surface area (Å²) in [6.45, 7) is 0.431. The topological polar surface area (TPSA) is 111 Å². The average Bonchev–Trinajstić information content (AvgIpc) is 2.61. The first kappa shape index (κ1) is 21.4. The molecule has 0 saturated heterocycles. The zero-order chi connectivity index (χ0) is 20.6. The van der Waals surface area contributed by atoms with Crippen molar-refractivity contribution in [2.24, 2.45) is 0 Å². The van der Waals surface area contributed by atoms with Gasteiger partial charge in [0.2, 0.25) is 0 Å². The van der Waals surface area contributed by atoms with Gasteiger partial charge in [-0.15, -0.1) is 0 Å². The van der Waals surface area contributed by atoms with Crippen LogP contribution in [0.5, 0.6) is 0 Å². The number of carbonyl (C=O) groups is 2. The summed E-state index contributed by atoms with van der Waals surface area (Å²) in [6, 6.07) is 12.9. The first-order valence-corrected chi connectivity index (χ1v) is 10.4. The molecule has 0 spiro atoms. The molecule has 2 rings (SSSR count). The molecule has 0 radical (unpaired) electrons. The summed E-state index contributed by atoms with van der Waals surface area (Å²) in [6.07, 6.45) is 0.532. The van der Waals surface area contributed by atoms with Gasteiger partial charge in [-0.2, -0.15) is 0 Å². The molecule has 0 unspecified atom stereocenters. The summed E-state index contributed by atoms with van der Waals surface area (Å²) in [5.41, 5.74) is 1.94. The van der Waals surface area contributed by atoms with Crippen LogP contribution in [-0.4, -0.2) is 47.0 Å². The van der Waals surface area contributed by atoms with Crippen molar-refractivity contribution in [1.82, 2.24) is 0 Å². The van der Waals surface area contributed by atoms with Crippen molar-refractivity contribution in [1.29, 1.82) is 0 Å². The zero-order valence-electron chi connectivity index (χ0n) is 15.6. The van der Waals surface area contributed by atoms with E-state index in [1.54, 1.807) is 48.5 Å². The van der Waals surface area contributed by atoms with Crippen LogP contribution in [0.15, 0.2) is 48.5 Å². The van der Waals surface area contributed by atoms with Gasteiger partial charge in [-0.3, -0.25) is 10.1 Å². The summed E-state index contributed by atoms with van der Waals surface area (Å²) in [5, 5.41) is 5.28. The van der Waals surface area contributed by atoms with Crippen LogP contribution in [0.1, 0.15) is 15.9 Å². The second-order valence-electron chi connectivity index (χ2n) is 6.06. The van der Waals surface area contributed by atoms with E-state index in [0.717, 1.165) is 6.26 Å². The first-order valence-electron chi connectivity index (χ1n) is 8.37. The van der Waals surface area contributed by atoms with Crippen molar-refractivity contribution < 1.29 is 27.5 Å². The minimum atomic E-state index is -3.13. The molecule has 2 aromatic rings. The molecule has 0 fully saturated rings. The van der Waals surface area contributed by atoms with Gasteiger partial charge in [-0.05, 0) is 35.9 Å². The highest BCUT2D eigenvalue weighted by atomic mass is 32.2. The van der Waals surface area contributed by atoms with E-state index >= 15 is 0 Å². The number of sulfone groups is 1. The van der Waals surface area contributed by atoms with Gasteiger partial charge < -0.3 is 14.8 Å². The summed E-state index contributed by atoms with van der Waals surface area (Å²) >= 11 is 0. The second-order valence-corrected chi connectivity index (χ2v) is 8.20. The van der Waals surface area contributed by atoms with Gasteiger partial charge in [-0.25, -0.2) is 13.2 Å². The average molecular weight is 406 g/mol. The number of amides is 2. The zero-order valence-corrected chi connectivity index (χ0v) is 16.4. The van der Waals surface area contributed by atoms with Gasteiger partial charge in [0.25, 0.3) is 5.91 Å². The number of methoxy groups -OCH3 is 1. The Hall–Kier alpha value is -2.91. The third-order valence-corrected chi connectivity index (χ3v) is 4.39. The molecule has 8 nitrogen and oxygen atoms in total. The molecular formula is C19H22N2O6S. The van der Waals surface area contributed by atoms with Gasteiger partial charge in [0, 0.05) is 30.3 Å². The van der Waals surface area contributed by atoms with Gasteiger partial charge in [0.05, 0.1) is 12.4 Å². The van der Waals surface area contributed by atoms with E-state index in [-0.39, 0.29) is 18.3 Å². The lowest BCUT2D eigenvalue weighted by molar-refractivity contribution is 0.102. The Balaban J connectivity index is 1.97. The molecule has 2 amide bonds. The monoisotopic (exact) mass is 406 g/mol. The fraction of sp³-hybridized carbons (Fsp3) is 0.263. The predicted octanol–water partition coefficient (Wildman–Crippen LogP) is 2.68. The predicted molar refractivity (Wildman–Crippen MR) is 106 cm³/mol. The van der Waals surface area contributed by atoms with Crippen molar-refractivity contribution in [3.63, 3.8) is 0 Å². The maximum absolute atomic E-state index is 12.4. The normalized spacial score (nSPS) is 10.9. The standard InChI is InChI=1S/C19H22N2O6S/c1-26-10-11-27-19(23)21-17-5-3-4-16(12-17)20-18(22)15-8-6-14(7-9-15)13-28(2,24)25/h3-9,12H,10-11,13H2,1-2H3,(H,20,22)(H,21,23). The summed E-state index contributed by atoms with van der Waals surface area (Å²) in [7, 11) is -1.63. The Morgan fingerprint density at radius 3 is 2.21 bits per heavy atom. The van der Waals surface area contributed by atoms with Gasteiger partial charge in [0.1, 0.15) is 6.61 Å². The molecule has 9 heteroatoms. The van der Waals surface area contributed by atoms with Crippen LogP contribution in [0.2, 0.25) is 0 Å². The molecule has 0 bridgehead atoms. The molecule has 150 valence electrons. The molecule has 0 heterocycles. The highest BCUT2D eigenvalue weighted by molar-refractivity contribution is 7.89. The Bertz CT molecular complexity index is 926. The largest absolute Gasteiger partial charge is 0.447 e. The van der Waals surface area contributed by atoms with E-state index < -0.39 is 15.9 Å². The van der Waals surface area contributed by atoms with E-state index in [0.29, 0.717) is 29.1 Å². The van der Waals surface area contributed by atoms with E-state index in [1.807, 2.05) is 0 Å². The number of carbonyl (C=O) groups excluding carboxylic acids is 2. The van der Waals surface area contributed by atoms with Crippen LogP contribution < -0.4 is 10.6 Å². The number of ether oxygens (including phenoxy) is 2. The van der Waals surface area contributed by atoms with Crippen LogP contribution in [0.3, 0.4) is 0 Å². The molecule has 0 aliphatic carbocycles. The molecule has 2 aromatic carbocycles. The third-order valence-electron chi connectivity index (χ3n) is 3.53. The molecule has 0 saturated carbocycles. The van der Waals surface area contributed by atoms with Gasteiger partial charge in [0.15, 0.2) is 9.84 Å². The highest BCUT2D eigenvalue weighted by Gasteiger charge is 2.09. The Morgan fingerprint density at radius 2 is 1.61 bits per heavy atom. The second kappa shape index (κ2) is 9.86. The Morgan fingerprint density at radius 1 is 0.964 bits per heavy atom. The van der Waals surface area contributed by atoms with Crippen LogP contribution in [0, 0.1) is 0 Å². The first-order chi connectivity index (χ1) is 13.3. The van der Waals surface area contributed by atoms with E-state index in [2.05, 4.69) is 10.6 Å². The van der Waals surface area contributed by atoms with E-state index in [1.165, 1.54) is 7.11 Å². The van der Waals surface area contributed by atoms with Gasteiger partial charge in [-0.1, -0.05) is 18.2 Å².